The lowest BCUT2D eigenvalue weighted by Gasteiger charge is -2.04. The molecule has 1 aromatic carbocycles. The highest BCUT2D eigenvalue weighted by atomic mass is 16.3. The van der Waals surface area contributed by atoms with Crippen LogP contribution < -0.4 is 5.32 Å². The smallest absolute Gasteiger partial charge is 0.271 e. The maximum atomic E-state index is 11.7. The Balaban J connectivity index is 1.96. The van der Waals surface area contributed by atoms with Gasteiger partial charge in [0.05, 0.1) is 11.9 Å². The van der Waals surface area contributed by atoms with Crippen molar-refractivity contribution in [1.29, 1.82) is 0 Å². The number of aromatic hydroxyl groups is 1. The normalized spacial score (nSPS) is 10.1. The summed E-state index contributed by atoms with van der Waals surface area (Å²) in [5.41, 5.74) is 1.96. The third-order valence-electron chi connectivity index (χ3n) is 2.40. The van der Waals surface area contributed by atoms with Crippen LogP contribution in [0, 0.1) is 6.92 Å². The van der Waals surface area contributed by atoms with Crippen molar-refractivity contribution in [3.63, 3.8) is 0 Å². The minimum atomic E-state index is -0.268. The first-order chi connectivity index (χ1) is 8.65. The van der Waals surface area contributed by atoms with Crippen molar-refractivity contribution in [3.8, 4) is 5.75 Å². The van der Waals surface area contributed by atoms with Crippen LogP contribution in [0.5, 0.6) is 5.75 Å². The van der Waals surface area contributed by atoms with E-state index in [2.05, 4.69) is 15.3 Å². The van der Waals surface area contributed by atoms with Gasteiger partial charge in [0.1, 0.15) is 11.4 Å². The molecule has 0 aliphatic rings. The van der Waals surface area contributed by atoms with E-state index in [1.54, 1.807) is 30.5 Å². The molecule has 0 unspecified atom stereocenters. The number of hydrogen-bond acceptors (Lipinski definition) is 4. The minimum absolute atomic E-state index is 0.203. The van der Waals surface area contributed by atoms with E-state index in [1.165, 1.54) is 6.20 Å². The van der Waals surface area contributed by atoms with Crippen molar-refractivity contribution in [1.82, 2.24) is 15.3 Å². The van der Waals surface area contributed by atoms with Crippen molar-refractivity contribution in [2.24, 2.45) is 0 Å². The van der Waals surface area contributed by atoms with Gasteiger partial charge in [-0.2, -0.15) is 0 Å². The highest BCUT2D eigenvalue weighted by Gasteiger charge is 2.06. The Hall–Kier alpha value is -2.43. The Kier molecular flexibility index (Phi) is 3.52. The fourth-order valence-corrected chi connectivity index (χ4v) is 1.40. The van der Waals surface area contributed by atoms with E-state index in [9.17, 15) is 4.79 Å². The number of phenols is 1. The Morgan fingerprint density at radius 1 is 1.22 bits per heavy atom. The number of amides is 1. The first-order valence-corrected chi connectivity index (χ1v) is 5.50. The molecule has 0 radical (unpaired) electrons. The Labute approximate surface area is 105 Å². The molecule has 5 nitrogen and oxygen atoms in total. The summed E-state index contributed by atoms with van der Waals surface area (Å²) >= 11 is 0. The highest BCUT2D eigenvalue weighted by Crippen LogP contribution is 2.09. The lowest BCUT2D eigenvalue weighted by atomic mass is 10.2. The van der Waals surface area contributed by atoms with E-state index in [0.717, 1.165) is 11.3 Å². The van der Waals surface area contributed by atoms with Crippen LogP contribution in [0.25, 0.3) is 0 Å². The van der Waals surface area contributed by atoms with Crippen LogP contribution in [0.1, 0.15) is 21.7 Å². The second-order valence-electron chi connectivity index (χ2n) is 3.89. The highest BCUT2D eigenvalue weighted by molar-refractivity contribution is 5.91. The number of phenolic OH excluding ortho intramolecular Hbond substituents is 1. The molecular weight excluding hydrogens is 230 g/mol. The predicted molar refractivity (Wildman–Crippen MR) is 66.0 cm³/mol. The van der Waals surface area contributed by atoms with Gasteiger partial charge in [0, 0.05) is 12.7 Å². The molecule has 1 aromatic heterocycles. The van der Waals surface area contributed by atoms with E-state index >= 15 is 0 Å². The van der Waals surface area contributed by atoms with Gasteiger partial charge in [0.25, 0.3) is 5.91 Å². The van der Waals surface area contributed by atoms with Gasteiger partial charge in [-0.3, -0.25) is 9.78 Å². The number of nitrogens with one attached hydrogen (secondary N) is 1. The molecule has 1 heterocycles. The summed E-state index contributed by atoms with van der Waals surface area (Å²) in [5.74, 6) is -0.0648. The number of hydrogen-bond donors (Lipinski definition) is 2. The fraction of sp³-hybridized carbons (Fsp3) is 0.154. The zero-order valence-electron chi connectivity index (χ0n) is 9.92. The maximum Gasteiger partial charge on any atom is 0.271 e. The Morgan fingerprint density at radius 2 is 1.94 bits per heavy atom. The number of carbonyl (C=O) groups excluding carboxylic acids is 1. The zero-order valence-corrected chi connectivity index (χ0v) is 9.92. The molecule has 0 atom stereocenters. The molecule has 92 valence electrons. The van der Waals surface area contributed by atoms with Crippen LogP contribution in [0.2, 0.25) is 0 Å². The molecule has 2 N–H and O–H groups in total. The first kappa shape index (κ1) is 12.0. The van der Waals surface area contributed by atoms with Crippen LogP contribution in [0.3, 0.4) is 0 Å². The van der Waals surface area contributed by atoms with Crippen LogP contribution >= 0.6 is 0 Å². The Morgan fingerprint density at radius 3 is 2.56 bits per heavy atom. The van der Waals surface area contributed by atoms with Crippen LogP contribution in [0.4, 0.5) is 0 Å². The van der Waals surface area contributed by atoms with E-state index in [1.807, 2.05) is 6.92 Å². The van der Waals surface area contributed by atoms with E-state index in [-0.39, 0.29) is 11.7 Å². The maximum absolute atomic E-state index is 11.7. The van der Waals surface area contributed by atoms with Crippen LogP contribution in [-0.4, -0.2) is 21.0 Å². The molecule has 1 amide bonds. The van der Waals surface area contributed by atoms with Crippen molar-refractivity contribution in [3.05, 3.63) is 53.6 Å². The predicted octanol–water partition coefficient (Wildman–Crippen LogP) is 1.42. The molecule has 18 heavy (non-hydrogen) atoms. The van der Waals surface area contributed by atoms with Gasteiger partial charge in [0.15, 0.2) is 0 Å². The first-order valence-electron chi connectivity index (χ1n) is 5.50. The van der Waals surface area contributed by atoms with Gasteiger partial charge in [-0.05, 0) is 24.6 Å². The van der Waals surface area contributed by atoms with Gasteiger partial charge in [-0.1, -0.05) is 12.1 Å². The van der Waals surface area contributed by atoms with Gasteiger partial charge in [-0.15, -0.1) is 0 Å². The van der Waals surface area contributed by atoms with Gasteiger partial charge in [0.2, 0.25) is 0 Å². The third kappa shape index (κ3) is 3.04. The molecular formula is C13H13N3O2. The van der Waals surface area contributed by atoms with Crippen molar-refractivity contribution in [2.45, 2.75) is 13.5 Å². The van der Waals surface area contributed by atoms with E-state index < -0.39 is 0 Å². The van der Waals surface area contributed by atoms with Crippen molar-refractivity contribution < 1.29 is 9.90 Å². The topological polar surface area (TPSA) is 75.1 Å². The monoisotopic (exact) mass is 243 g/mol. The molecule has 2 rings (SSSR count). The number of nitrogens with zero attached hydrogens (tertiary/aromatic N) is 2. The zero-order chi connectivity index (χ0) is 13.0. The summed E-state index contributed by atoms with van der Waals surface area (Å²) in [7, 11) is 0. The van der Waals surface area contributed by atoms with E-state index in [4.69, 9.17) is 5.11 Å². The minimum Gasteiger partial charge on any atom is -0.508 e. The van der Waals surface area contributed by atoms with Crippen LogP contribution in [-0.2, 0) is 6.54 Å². The average molecular weight is 243 g/mol. The summed E-state index contributed by atoms with van der Waals surface area (Å²) < 4.78 is 0. The largest absolute Gasteiger partial charge is 0.508 e. The molecule has 0 fully saturated rings. The second-order valence-corrected chi connectivity index (χ2v) is 3.89. The summed E-state index contributed by atoms with van der Waals surface area (Å²) in [6.45, 7) is 2.19. The van der Waals surface area contributed by atoms with Gasteiger partial charge in [-0.25, -0.2) is 4.98 Å². The van der Waals surface area contributed by atoms with E-state index in [0.29, 0.717) is 12.2 Å². The lowest BCUT2D eigenvalue weighted by molar-refractivity contribution is 0.0945. The summed E-state index contributed by atoms with van der Waals surface area (Å²) in [6.07, 6.45) is 3.00. The molecule has 5 heteroatoms. The standard InChI is InChI=1S/C13H13N3O2/c1-9-6-15-12(8-14-9)13(18)16-7-10-2-4-11(17)5-3-10/h2-6,8,17H,7H2,1H3,(H,16,18). The Bertz CT molecular complexity index is 535. The lowest BCUT2D eigenvalue weighted by Crippen LogP contribution is -2.23. The molecule has 2 aromatic rings. The van der Waals surface area contributed by atoms with Crippen molar-refractivity contribution in [2.75, 3.05) is 0 Å². The summed E-state index contributed by atoms with van der Waals surface area (Å²) in [6, 6.07) is 6.65. The van der Waals surface area contributed by atoms with Gasteiger partial charge >= 0.3 is 0 Å². The number of aryl methyl sites for hydroxylation is 1. The fourth-order valence-electron chi connectivity index (χ4n) is 1.40. The molecule has 0 bridgehead atoms. The SMILES string of the molecule is Cc1cnc(C(=O)NCc2ccc(O)cc2)cn1. The molecule has 0 aliphatic heterocycles. The summed E-state index contributed by atoms with van der Waals surface area (Å²) in [4.78, 5) is 19.7. The molecule has 0 spiro atoms. The number of carbonyl (C=O) groups is 1. The molecule has 0 saturated heterocycles. The molecule has 0 aliphatic carbocycles. The number of benzene rings is 1. The molecule has 0 saturated carbocycles. The quantitative estimate of drug-likeness (QED) is 0.855. The van der Waals surface area contributed by atoms with Gasteiger partial charge < -0.3 is 10.4 Å². The number of aromatic nitrogens is 2. The third-order valence-corrected chi connectivity index (χ3v) is 2.40. The summed E-state index contributed by atoms with van der Waals surface area (Å²) in [5, 5.41) is 11.9. The average Bonchev–Trinajstić information content (AvgIpc) is 2.38. The van der Waals surface area contributed by atoms with Crippen LogP contribution in [0.15, 0.2) is 36.7 Å². The number of rotatable bonds is 3. The second kappa shape index (κ2) is 5.27. The van der Waals surface area contributed by atoms with Crippen molar-refractivity contribution >= 4 is 5.91 Å².